The lowest BCUT2D eigenvalue weighted by Crippen LogP contribution is -2.42. The van der Waals surface area contributed by atoms with Crippen LogP contribution in [0.2, 0.25) is 0 Å². The molecule has 20 heavy (non-hydrogen) atoms. The molecule has 0 atom stereocenters. The lowest BCUT2D eigenvalue weighted by Gasteiger charge is -2.35. The van der Waals surface area contributed by atoms with E-state index in [2.05, 4.69) is 9.46 Å². The van der Waals surface area contributed by atoms with Gasteiger partial charge in [0.25, 0.3) is 0 Å². The van der Waals surface area contributed by atoms with Gasteiger partial charge in [0, 0.05) is 25.0 Å². The van der Waals surface area contributed by atoms with Crippen LogP contribution in [0, 0.1) is 5.41 Å². The maximum absolute atomic E-state index is 11.9. The summed E-state index contributed by atoms with van der Waals surface area (Å²) in [6, 6.07) is 0. The number of hydrogen-bond acceptors (Lipinski definition) is 5. The van der Waals surface area contributed by atoms with Gasteiger partial charge in [-0.15, -0.1) is 0 Å². The van der Waals surface area contributed by atoms with E-state index in [4.69, 9.17) is 0 Å². The molecule has 0 aliphatic heterocycles. The summed E-state index contributed by atoms with van der Waals surface area (Å²) in [7, 11) is -2.12. The number of carbonyl (C=O) groups excluding carboxylic acids is 1. The van der Waals surface area contributed by atoms with Gasteiger partial charge in [-0.3, -0.25) is 4.79 Å². The summed E-state index contributed by atoms with van der Waals surface area (Å²) in [4.78, 5) is 10.9. The largest absolute Gasteiger partial charge is 0.469 e. The summed E-state index contributed by atoms with van der Waals surface area (Å²) in [5.41, 5.74) is -0.312. The van der Waals surface area contributed by atoms with Crippen LogP contribution < -0.4 is 4.72 Å². The van der Waals surface area contributed by atoms with Gasteiger partial charge in [-0.25, -0.2) is 13.1 Å². The van der Waals surface area contributed by atoms with E-state index in [0.717, 1.165) is 32.1 Å². The molecule has 0 unspecified atom stereocenters. The van der Waals surface area contributed by atoms with E-state index in [1.807, 2.05) is 0 Å². The highest BCUT2D eigenvalue weighted by Crippen LogP contribution is 2.35. The standard InChI is InChI=1S/C13H25NO5S/c1-19-12(16)6-5-9-20(17,18)14-10-13(11-15)7-3-2-4-8-13/h14-15H,2-11H2,1H3. The van der Waals surface area contributed by atoms with Gasteiger partial charge in [-0.2, -0.15) is 0 Å². The molecule has 0 saturated heterocycles. The molecule has 1 saturated carbocycles. The number of ether oxygens (including phenoxy) is 1. The molecule has 0 radical (unpaired) electrons. The smallest absolute Gasteiger partial charge is 0.305 e. The monoisotopic (exact) mass is 307 g/mol. The second kappa shape index (κ2) is 7.95. The van der Waals surface area contributed by atoms with E-state index in [1.54, 1.807) is 0 Å². The average Bonchev–Trinajstić information content (AvgIpc) is 2.46. The van der Waals surface area contributed by atoms with Crippen LogP contribution in [0.3, 0.4) is 0 Å². The van der Waals surface area contributed by atoms with Crippen LogP contribution in [-0.4, -0.2) is 45.5 Å². The summed E-state index contributed by atoms with van der Waals surface area (Å²) in [6.07, 6.45) is 5.27. The van der Waals surface area contributed by atoms with Crippen LogP contribution in [0.4, 0.5) is 0 Å². The van der Waals surface area contributed by atoms with Gasteiger partial charge in [0.15, 0.2) is 0 Å². The number of hydrogen-bond donors (Lipinski definition) is 2. The Morgan fingerprint density at radius 2 is 1.95 bits per heavy atom. The lowest BCUT2D eigenvalue weighted by molar-refractivity contribution is -0.140. The molecule has 0 aromatic heterocycles. The minimum Gasteiger partial charge on any atom is -0.469 e. The van der Waals surface area contributed by atoms with Crippen molar-refractivity contribution in [3.05, 3.63) is 0 Å². The first-order valence-electron chi connectivity index (χ1n) is 7.08. The van der Waals surface area contributed by atoms with Crippen molar-refractivity contribution in [3.63, 3.8) is 0 Å². The first kappa shape index (κ1) is 17.4. The predicted molar refractivity (Wildman–Crippen MR) is 75.6 cm³/mol. The number of methoxy groups -OCH3 is 1. The minimum atomic E-state index is -3.40. The molecule has 0 aromatic carbocycles. The third kappa shape index (κ3) is 5.76. The van der Waals surface area contributed by atoms with E-state index >= 15 is 0 Å². The Hall–Kier alpha value is -0.660. The zero-order valence-corrected chi connectivity index (χ0v) is 12.9. The van der Waals surface area contributed by atoms with E-state index < -0.39 is 16.0 Å². The fraction of sp³-hybridized carbons (Fsp3) is 0.923. The molecule has 2 N–H and O–H groups in total. The number of esters is 1. The summed E-state index contributed by atoms with van der Waals surface area (Å²) in [5.74, 6) is -0.497. The van der Waals surface area contributed by atoms with Gasteiger partial charge in [0.1, 0.15) is 0 Å². The zero-order valence-electron chi connectivity index (χ0n) is 12.1. The summed E-state index contributed by atoms with van der Waals surface area (Å²) >= 11 is 0. The van der Waals surface area contributed by atoms with Crippen molar-refractivity contribution in [1.82, 2.24) is 4.72 Å². The Morgan fingerprint density at radius 1 is 1.30 bits per heavy atom. The third-order valence-corrected chi connectivity index (χ3v) is 5.35. The van der Waals surface area contributed by atoms with Crippen LogP contribution >= 0.6 is 0 Å². The van der Waals surface area contributed by atoms with Crippen LogP contribution in [0.25, 0.3) is 0 Å². The highest BCUT2D eigenvalue weighted by Gasteiger charge is 2.32. The molecule has 1 aliphatic carbocycles. The molecule has 118 valence electrons. The Labute approximate surface area is 120 Å². The van der Waals surface area contributed by atoms with E-state index in [9.17, 15) is 18.3 Å². The first-order valence-corrected chi connectivity index (χ1v) is 8.73. The summed E-state index contributed by atoms with van der Waals surface area (Å²) in [5, 5.41) is 9.52. The molecule has 6 nitrogen and oxygen atoms in total. The van der Waals surface area contributed by atoms with Crippen molar-refractivity contribution in [2.45, 2.75) is 44.9 Å². The topological polar surface area (TPSA) is 92.7 Å². The van der Waals surface area contributed by atoms with E-state index in [1.165, 1.54) is 7.11 Å². The Morgan fingerprint density at radius 3 is 2.50 bits per heavy atom. The highest BCUT2D eigenvalue weighted by molar-refractivity contribution is 7.89. The van der Waals surface area contributed by atoms with Crippen LogP contribution in [0.15, 0.2) is 0 Å². The zero-order chi connectivity index (χ0) is 15.1. The molecule has 0 aromatic rings. The quantitative estimate of drug-likeness (QED) is 0.647. The van der Waals surface area contributed by atoms with Crippen molar-refractivity contribution in [3.8, 4) is 0 Å². The van der Waals surface area contributed by atoms with Gasteiger partial charge >= 0.3 is 5.97 Å². The van der Waals surface area contributed by atoms with E-state index in [-0.39, 0.29) is 37.2 Å². The lowest BCUT2D eigenvalue weighted by atomic mass is 9.75. The summed E-state index contributed by atoms with van der Waals surface area (Å²) in [6.45, 7) is 0.293. The molecular weight excluding hydrogens is 282 g/mol. The van der Waals surface area contributed by atoms with Crippen molar-refractivity contribution >= 4 is 16.0 Å². The van der Waals surface area contributed by atoms with Crippen molar-refractivity contribution in [2.24, 2.45) is 5.41 Å². The number of carbonyl (C=O) groups is 1. The molecule has 0 spiro atoms. The number of nitrogens with one attached hydrogen (secondary N) is 1. The Balaban J connectivity index is 2.39. The van der Waals surface area contributed by atoms with Gasteiger partial charge < -0.3 is 9.84 Å². The van der Waals surface area contributed by atoms with Crippen molar-refractivity contribution < 1.29 is 23.1 Å². The fourth-order valence-corrected chi connectivity index (χ4v) is 3.73. The molecular formula is C13H25NO5S. The van der Waals surface area contributed by atoms with Gasteiger partial charge in [-0.1, -0.05) is 19.3 Å². The molecule has 0 amide bonds. The van der Waals surface area contributed by atoms with Crippen molar-refractivity contribution in [1.29, 1.82) is 0 Å². The summed E-state index contributed by atoms with van der Waals surface area (Å²) < 4.78 is 30.8. The number of sulfonamides is 1. The van der Waals surface area contributed by atoms with Crippen LogP contribution in [-0.2, 0) is 19.6 Å². The van der Waals surface area contributed by atoms with Gasteiger partial charge in [-0.05, 0) is 19.3 Å². The predicted octanol–water partition coefficient (Wildman–Crippen LogP) is 0.802. The molecule has 0 bridgehead atoms. The third-order valence-electron chi connectivity index (χ3n) is 3.94. The highest BCUT2D eigenvalue weighted by atomic mass is 32.2. The number of aliphatic hydroxyl groups excluding tert-OH is 1. The molecule has 7 heteroatoms. The normalized spacial score (nSPS) is 18.7. The molecule has 1 aliphatic rings. The number of rotatable bonds is 8. The second-order valence-electron chi connectivity index (χ2n) is 5.54. The van der Waals surface area contributed by atoms with Gasteiger partial charge in [0.2, 0.25) is 10.0 Å². The van der Waals surface area contributed by atoms with Crippen molar-refractivity contribution in [2.75, 3.05) is 26.0 Å². The van der Waals surface area contributed by atoms with Crippen LogP contribution in [0.5, 0.6) is 0 Å². The maximum Gasteiger partial charge on any atom is 0.305 e. The van der Waals surface area contributed by atoms with Gasteiger partial charge in [0.05, 0.1) is 12.9 Å². The molecule has 1 fully saturated rings. The van der Waals surface area contributed by atoms with Crippen LogP contribution in [0.1, 0.15) is 44.9 Å². The molecule has 0 heterocycles. The van der Waals surface area contributed by atoms with E-state index in [0.29, 0.717) is 0 Å². The minimum absolute atomic E-state index is 0.0116. The SMILES string of the molecule is COC(=O)CCCS(=O)(=O)NCC1(CO)CCCCC1. The first-order chi connectivity index (χ1) is 9.43. The maximum atomic E-state index is 11.9. The Bertz CT molecular complexity index is 401. The fourth-order valence-electron chi connectivity index (χ4n) is 2.54. The molecule has 1 rings (SSSR count). The Kier molecular flexibility index (Phi) is 6.91. The average molecular weight is 307 g/mol. The second-order valence-corrected chi connectivity index (χ2v) is 7.46. The number of aliphatic hydroxyl groups is 1.